The van der Waals surface area contributed by atoms with Crippen LogP contribution in [0.15, 0.2) is 59.0 Å². The fraction of sp³-hybridized carbons (Fsp3) is 0.222. The van der Waals surface area contributed by atoms with Crippen molar-refractivity contribution in [1.82, 2.24) is 15.6 Å². The lowest BCUT2D eigenvalue weighted by Crippen LogP contribution is -2.24. The molecule has 1 aromatic heterocycles. The first-order chi connectivity index (χ1) is 11.8. The van der Waals surface area contributed by atoms with Gasteiger partial charge < -0.3 is 15.5 Å². The number of benzene rings is 1. The van der Waals surface area contributed by atoms with Crippen molar-refractivity contribution in [3.05, 3.63) is 70.0 Å². The summed E-state index contributed by atoms with van der Waals surface area (Å²) in [6.45, 7) is 2.89. The predicted molar refractivity (Wildman–Crippen MR) is 94.6 cm³/mol. The molecule has 122 valence electrons. The van der Waals surface area contributed by atoms with E-state index in [-0.39, 0.29) is 6.04 Å². The van der Waals surface area contributed by atoms with Crippen LogP contribution in [-0.4, -0.2) is 30.8 Å². The summed E-state index contributed by atoms with van der Waals surface area (Å²) in [6, 6.07) is 9.42. The Hall–Kier alpha value is -2.21. The second-order valence-corrected chi connectivity index (χ2v) is 6.31. The van der Waals surface area contributed by atoms with Gasteiger partial charge in [-0.1, -0.05) is 16.8 Å². The highest BCUT2D eigenvalue weighted by Crippen LogP contribution is 2.30. The van der Waals surface area contributed by atoms with Gasteiger partial charge in [-0.3, -0.25) is 4.98 Å². The van der Waals surface area contributed by atoms with Crippen LogP contribution in [0, 0.1) is 0 Å². The highest BCUT2D eigenvalue weighted by Gasteiger charge is 2.29. The Morgan fingerprint density at radius 3 is 2.92 bits per heavy atom. The van der Waals surface area contributed by atoms with E-state index in [4.69, 9.17) is 16.4 Å². The molecule has 2 aromatic rings. The zero-order valence-corrected chi connectivity index (χ0v) is 13.8. The minimum Gasteiger partial charge on any atom is -0.357 e. The van der Waals surface area contributed by atoms with Crippen molar-refractivity contribution < 1.29 is 4.84 Å². The van der Waals surface area contributed by atoms with E-state index in [1.165, 1.54) is 11.1 Å². The number of halogens is 1. The summed E-state index contributed by atoms with van der Waals surface area (Å²) in [5.74, 6) is 0.643. The second-order valence-electron chi connectivity index (χ2n) is 5.88. The first-order valence-corrected chi connectivity index (χ1v) is 8.23. The average molecular weight is 341 g/mol. The molecule has 0 bridgehead atoms. The quantitative estimate of drug-likeness (QED) is 0.510. The zero-order chi connectivity index (χ0) is 16.4. The van der Waals surface area contributed by atoms with Crippen LogP contribution in [0.5, 0.6) is 5.75 Å². The Balaban J connectivity index is 1.47. The first-order valence-electron chi connectivity index (χ1n) is 7.85. The molecule has 2 aliphatic heterocycles. The molecule has 0 fully saturated rings. The molecule has 0 aliphatic carbocycles. The molecule has 4 rings (SSSR count). The van der Waals surface area contributed by atoms with E-state index in [0.29, 0.717) is 10.8 Å². The fourth-order valence-corrected chi connectivity index (χ4v) is 3.21. The number of aromatic nitrogens is 1. The minimum atomic E-state index is 0.244. The molecule has 6 heteroatoms. The van der Waals surface area contributed by atoms with Gasteiger partial charge in [0.2, 0.25) is 0 Å². The molecule has 2 N–H and O–H groups in total. The Morgan fingerprint density at radius 2 is 2.04 bits per heavy atom. The molecule has 0 saturated carbocycles. The van der Waals surface area contributed by atoms with E-state index < -0.39 is 0 Å². The molecule has 3 heterocycles. The van der Waals surface area contributed by atoms with Crippen LogP contribution in [0.25, 0.3) is 0 Å². The van der Waals surface area contributed by atoms with Crippen LogP contribution in [-0.2, 0) is 0 Å². The minimum absolute atomic E-state index is 0.244. The lowest BCUT2D eigenvalue weighted by Gasteiger charge is -2.15. The first kappa shape index (κ1) is 15.3. The van der Waals surface area contributed by atoms with Crippen molar-refractivity contribution in [2.75, 3.05) is 19.6 Å². The van der Waals surface area contributed by atoms with E-state index >= 15 is 0 Å². The standard InChI is InChI=1S/C18H17ClN4O/c19-15-1-3-16(4-2-15)24-23-7-12-5-13(8-20-6-12)18-17-11-21-9-14(17)10-22-18/h1-8,18,21-22H,9-11H2/b23-7+. The molecule has 1 atom stereocenters. The second kappa shape index (κ2) is 6.73. The summed E-state index contributed by atoms with van der Waals surface area (Å²) in [5.41, 5.74) is 4.98. The molecule has 0 spiro atoms. The zero-order valence-electron chi connectivity index (χ0n) is 13.0. The van der Waals surface area contributed by atoms with Crippen LogP contribution in [0.2, 0.25) is 5.02 Å². The van der Waals surface area contributed by atoms with Crippen molar-refractivity contribution >= 4 is 17.8 Å². The molecule has 5 nitrogen and oxygen atoms in total. The van der Waals surface area contributed by atoms with E-state index in [2.05, 4.69) is 26.8 Å². The van der Waals surface area contributed by atoms with Gasteiger partial charge in [0.1, 0.15) is 0 Å². The van der Waals surface area contributed by atoms with Gasteiger partial charge in [0.15, 0.2) is 5.75 Å². The molecule has 2 aliphatic rings. The molecule has 0 saturated heterocycles. The van der Waals surface area contributed by atoms with Gasteiger partial charge in [-0.15, -0.1) is 0 Å². The number of hydrogen-bond donors (Lipinski definition) is 2. The summed E-state index contributed by atoms with van der Waals surface area (Å²) in [7, 11) is 0. The number of nitrogens with one attached hydrogen (secondary N) is 2. The summed E-state index contributed by atoms with van der Waals surface area (Å²) >= 11 is 5.84. The van der Waals surface area contributed by atoms with Crippen molar-refractivity contribution in [3.63, 3.8) is 0 Å². The molecule has 24 heavy (non-hydrogen) atoms. The van der Waals surface area contributed by atoms with Gasteiger partial charge in [0, 0.05) is 42.6 Å². The third-order valence-electron chi connectivity index (χ3n) is 4.26. The number of nitrogens with zero attached hydrogens (tertiary/aromatic N) is 2. The molecule has 0 radical (unpaired) electrons. The van der Waals surface area contributed by atoms with Crippen LogP contribution in [0.4, 0.5) is 0 Å². The topological polar surface area (TPSA) is 58.5 Å². The third-order valence-corrected chi connectivity index (χ3v) is 4.52. The smallest absolute Gasteiger partial charge is 0.158 e. The maximum absolute atomic E-state index is 5.84. The lowest BCUT2D eigenvalue weighted by molar-refractivity contribution is 0.344. The maximum Gasteiger partial charge on any atom is 0.158 e. The van der Waals surface area contributed by atoms with Gasteiger partial charge >= 0.3 is 0 Å². The highest BCUT2D eigenvalue weighted by molar-refractivity contribution is 6.30. The van der Waals surface area contributed by atoms with Crippen LogP contribution >= 0.6 is 11.6 Å². The number of pyridine rings is 1. The summed E-state index contributed by atoms with van der Waals surface area (Å²) in [5, 5.41) is 11.6. The number of rotatable bonds is 4. The average Bonchev–Trinajstić information content (AvgIpc) is 3.20. The van der Waals surface area contributed by atoms with Gasteiger partial charge in [-0.05, 0) is 47.0 Å². The Morgan fingerprint density at radius 1 is 1.17 bits per heavy atom. The van der Waals surface area contributed by atoms with Crippen LogP contribution in [0.3, 0.4) is 0 Å². The Kier molecular flexibility index (Phi) is 4.30. The van der Waals surface area contributed by atoms with Crippen LogP contribution in [0.1, 0.15) is 17.2 Å². The van der Waals surface area contributed by atoms with E-state index in [1.807, 2.05) is 6.20 Å². The monoisotopic (exact) mass is 340 g/mol. The Labute approximate surface area is 145 Å². The third kappa shape index (κ3) is 3.19. The normalized spacial score (nSPS) is 20.0. The molecule has 0 amide bonds. The van der Waals surface area contributed by atoms with E-state index in [9.17, 15) is 0 Å². The van der Waals surface area contributed by atoms with Crippen molar-refractivity contribution in [3.8, 4) is 5.75 Å². The van der Waals surface area contributed by atoms with Crippen molar-refractivity contribution in [1.29, 1.82) is 0 Å². The predicted octanol–water partition coefficient (Wildman–Crippen LogP) is 2.69. The van der Waals surface area contributed by atoms with E-state index in [0.717, 1.165) is 30.8 Å². The summed E-state index contributed by atoms with van der Waals surface area (Å²) in [6.07, 6.45) is 5.35. The fourth-order valence-electron chi connectivity index (χ4n) is 3.08. The SMILES string of the molecule is Clc1ccc(O/N=C/c2cncc(C3NCC4=C3CNC4)c2)cc1. The summed E-state index contributed by atoms with van der Waals surface area (Å²) in [4.78, 5) is 9.68. The largest absolute Gasteiger partial charge is 0.357 e. The van der Waals surface area contributed by atoms with Crippen LogP contribution < -0.4 is 15.5 Å². The van der Waals surface area contributed by atoms with E-state index in [1.54, 1.807) is 36.7 Å². The molecule has 1 unspecified atom stereocenters. The Bertz CT molecular complexity index is 801. The van der Waals surface area contributed by atoms with Crippen molar-refractivity contribution in [2.24, 2.45) is 5.16 Å². The molecule has 1 aromatic carbocycles. The molecular weight excluding hydrogens is 324 g/mol. The highest BCUT2D eigenvalue weighted by atomic mass is 35.5. The van der Waals surface area contributed by atoms with Gasteiger partial charge in [0.25, 0.3) is 0 Å². The van der Waals surface area contributed by atoms with Crippen molar-refractivity contribution in [2.45, 2.75) is 6.04 Å². The lowest BCUT2D eigenvalue weighted by atomic mass is 10.0. The maximum atomic E-state index is 5.84. The van der Waals surface area contributed by atoms with Gasteiger partial charge in [-0.2, -0.15) is 0 Å². The summed E-state index contributed by atoms with van der Waals surface area (Å²) < 4.78 is 0. The molecular formula is C18H17ClN4O. The number of oxime groups is 1. The van der Waals surface area contributed by atoms with Gasteiger partial charge in [-0.25, -0.2) is 0 Å². The van der Waals surface area contributed by atoms with Gasteiger partial charge in [0.05, 0.1) is 12.3 Å². The number of hydrogen-bond acceptors (Lipinski definition) is 5.